The summed E-state index contributed by atoms with van der Waals surface area (Å²) in [5.41, 5.74) is 2.35. The Morgan fingerprint density at radius 3 is 2.59 bits per heavy atom. The van der Waals surface area contributed by atoms with Gasteiger partial charge in [-0.2, -0.15) is 0 Å². The van der Waals surface area contributed by atoms with Gasteiger partial charge in [0.15, 0.2) is 0 Å². The van der Waals surface area contributed by atoms with Crippen LogP contribution in [-0.4, -0.2) is 21.1 Å². The second-order valence-electron chi connectivity index (χ2n) is 6.52. The number of hydrogen-bond acceptors (Lipinski definition) is 4. The molecule has 0 fully saturated rings. The third kappa shape index (κ3) is 4.39. The maximum atomic E-state index is 14.6. The lowest BCUT2D eigenvalue weighted by Crippen LogP contribution is -2.37. The van der Waals surface area contributed by atoms with Crippen LogP contribution in [0.2, 0.25) is 0 Å². The number of carbonyl (C=O) groups is 1. The fourth-order valence-corrected chi connectivity index (χ4v) is 4.16. The summed E-state index contributed by atoms with van der Waals surface area (Å²) >= 11 is 0. The fraction of sp³-hybridized carbons (Fsp3) is 0.316. The fourth-order valence-electron chi connectivity index (χ4n) is 2.98. The number of hydrogen-bond donors (Lipinski definition) is 1. The first-order chi connectivity index (χ1) is 12.8. The molecule has 3 rings (SSSR count). The van der Waals surface area contributed by atoms with Gasteiger partial charge in [-0.1, -0.05) is 36.8 Å². The summed E-state index contributed by atoms with van der Waals surface area (Å²) in [6, 6.07) is 9.74. The molecule has 8 heteroatoms. The second kappa shape index (κ2) is 7.56. The minimum absolute atomic E-state index is 0.0984. The quantitative estimate of drug-likeness (QED) is 0.808. The summed E-state index contributed by atoms with van der Waals surface area (Å²) < 4.78 is 47.0. The van der Waals surface area contributed by atoms with Crippen molar-refractivity contribution in [3.63, 3.8) is 0 Å². The van der Waals surface area contributed by atoms with Crippen molar-refractivity contribution in [1.29, 1.82) is 0 Å². The van der Waals surface area contributed by atoms with E-state index in [9.17, 15) is 17.6 Å². The van der Waals surface area contributed by atoms with E-state index in [4.69, 9.17) is 4.74 Å². The Labute approximate surface area is 158 Å². The number of carbonyl (C=O) groups excluding carboxylic acids is 1. The zero-order chi connectivity index (χ0) is 19.6. The van der Waals surface area contributed by atoms with Gasteiger partial charge in [-0.15, -0.1) is 0 Å². The molecule has 0 aromatic heterocycles. The van der Waals surface area contributed by atoms with Crippen molar-refractivity contribution in [2.24, 2.45) is 0 Å². The third-order valence-electron chi connectivity index (χ3n) is 4.18. The molecule has 2 aromatic carbocycles. The maximum Gasteiger partial charge on any atom is 0.414 e. The summed E-state index contributed by atoms with van der Waals surface area (Å²) in [5.74, 6) is -0.881. The first-order valence-corrected chi connectivity index (χ1v) is 10.3. The van der Waals surface area contributed by atoms with Crippen molar-refractivity contribution >= 4 is 27.5 Å². The number of halogens is 1. The molecule has 27 heavy (non-hydrogen) atoms. The maximum absolute atomic E-state index is 14.6. The van der Waals surface area contributed by atoms with E-state index in [2.05, 4.69) is 4.72 Å². The van der Waals surface area contributed by atoms with Crippen molar-refractivity contribution in [2.75, 3.05) is 16.2 Å². The van der Waals surface area contributed by atoms with Crippen LogP contribution in [0, 0.1) is 12.7 Å². The summed E-state index contributed by atoms with van der Waals surface area (Å²) in [7, 11) is -3.72. The largest absolute Gasteiger partial charge is 0.444 e. The average Bonchev–Trinajstić information content (AvgIpc) is 2.59. The van der Waals surface area contributed by atoms with E-state index in [0.29, 0.717) is 24.1 Å². The average molecular weight is 392 g/mol. The summed E-state index contributed by atoms with van der Waals surface area (Å²) in [5, 5.41) is 0. The number of nitrogens with one attached hydrogen (secondary N) is 1. The van der Waals surface area contributed by atoms with Crippen LogP contribution >= 0.6 is 0 Å². The number of ether oxygens (including phenoxy) is 1. The van der Waals surface area contributed by atoms with E-state index in [1.54, 1.807) is 12.1 Å². The molecule has 0 saturated carbocycles. The highest BCUT2D eigenvalue weighted by molar-refractivity contribution is 7.91. The molecule has 0 radical (unpaired) electrons. The minimum Gasteiger partial charge on any atom is -0.444 e. The molecular formula is C19H21FN2O4S. The third-order valence-corrected chi connectivity index (χ3v) is 5.44. The van der Waals surface area contributed by atoms with Crippen molar-refractivity contribution in [3.8, 4) is 0 Å². The molecule has 0 bridgehead atoms. The minimum atomic E-state index is -3.72. The highest BCUT2D eigenvalue weighted by Crippen LogP contribution is 2.33. The van der Waals surface area contributed by atoms with Gasteiger partial charge in [0, 0.05) is 18.2 Å². The Kier molecular flexibility index (Phi) is 5.36. The Hall–Kier alpha value is -2.61. The number of aryl methyl sites for hydroxylation is 1. The molecule has 0 unspecified atom stereocenters. The second-order valence-corrected chi connectivity index (χ2v) is 8.24. The number of sulfonamides is 1. The van der Waals surface area contributed by atoms with Gasteiger partial charge < -0.3 is 4.74 Å². The number of nitrogens with zero attached hydrogens (tertiary/aromatic N) is 1. The number of cyclic esters (lactones) is 1. The van der Waals surface area contributed by atoms with Crippen molar-refractivity contribution in [2.45, 2.75) is 32.6 Å². The van der Waals surface area contributed by atoms with Crippen LogP contribution in [-0.2, 0) is 27.1 Å². The van der Waals surface area contributed by atoms with Gasteiger partial charge in [0.05, 0.1) is 17.1 Å². The lowest BCUT2D eigenvalue weighted by molar-refractivity contribution is 0.141. The summed E-state index contributed by atoms with van der Waals surface area (Å²) in [6.07, 6.45) is 0.0368. The smallest absolute Gasteiger partial charge is 0.414 e. The molecule has 0 saturated heterocycles. The molecule has 144 valence electrons. The zero-order valence-electron chi connectivity index (χ0n) is 15.2. The van der Waals surface area contributed by atoms with Crippen LogP contribution in [0.1, 0.15) is 30.0 Å². The van der Waals surface area contributed by atoms with E-state index in [1.807, 2.05) is 26.0 Å². The van der Waals surface area contributed by atoms with Gasteiger partial charge in [-0.05, 0) is 25.0 Å². The lowest BCUT2D eigenvalue weighted by Gasteiger charge is -2.29. The number of rotatable bonds is 6. The molecule has 2 aromatic rings. The SMILES string of the molecule is CCCN1C(=O)OCc2cc(NS(=O)(=O)Cc3ccc(C)cc3)cc(F)c21. The van der Waals surface area contributed by atoms with Crippen molar-refractivity contribution in [3.05, 3.63) is 58.9 Å². The molecule has 1 aliphatic heterocycles. The van der Waals surface area contributed by atoms with Crippen LogP contribution in [0.15, 0.2) is 36.4 Å². The molecule has 1 aliphatic rings. The van der Waals surface area contributed by atoms with Crippen LogP contribution in [0.25, 0.3) is 0 Å². The number of amides is 1. The standard InChI is InChI=1S/C19H21FN2O4S/c1-3-8-22-18-15(11-26-19(22)23)9-16(10-17(18)20)21-27(24,25)12-14-6-4-13(2)5-7-14/h4-7,9-10,21H,3,8,11-12H2,1-2H3. The lowest BCUT2D eigenvalue weighted by atomic mass is 10.1. The highest BCUT2D eigenvalue weighted by atomic mass is 32.2. The van der Waals surface area contributed by atoms with Gasteiger partial charge >= 0.3 is 6.09 Å². The van der Waals surface area contributed by atoms with Crippen LogP contribution in [0.3, 0.4) is 0 Å². The molecule has 1 heterocycles. The van der Waals surface area contributed by atoms with Crippen LogP contribution in [0.5, 0.6) is 0 Å². The topological polar surface area (TPSA) is 75.7 Å². The molecule has 0 atom stereocenters. The van der Waals surface area contributed by atoms with E-state index < -0.39 is 21.9 Å². The molecule has 1 amide bonds. The van der Waals surface area contributed by atoms with Crippen LogP contribution in [0.4, 0.5) is 20.6 Å². The van der Waals surface area contributed by atoms with E-state index in [1.165, 1.54) is 11.0 Å². The van der Waals surface area contributed by atoms with E-state index in [-0.39, 0.29) is 23.7 Å². The van der Waals surface area contributed by atoms with Gasteiger partial charge in [0.25, 0.3) is 0 Å². The van der Waals surface area contributed by atoms with E-state index >= 15 is 0 Å². The number of anilines is 2. The molecule has 1 N–H and O–H groups in total. The Morgan fingerprint density at radius 1 is 1.22 bits per heavy atom. The van der Waals surface area contributed by atoms with E-state index in [0.717, 1.165) is 11.6 Å². The normalized spacial score (nSPS) is 13.9. The predicted molar refractivity (Wildman–Crippen MR) is 102 cm³/mol. The Balaban J connectivity index is 1.85. The number of benzene rings is 2. The molecule has 0 aliphatic carbocycles. The Morgan fingerprint density at radius 2 is 1.93 bits per heavy atom. The van der Waals surface area contributed by atoms with Gasteiger partial charge in [-0.3, -0.25) is 9.62 Å². The number of fused-ring (bicyclic) bond motifs is 1. The summed E-state index contributed by atoms with van der Waals surface area (Å²) in [4.78, 5) is 13.1. The monoisotopic (exact) mass is 392 g/mol. The predicted octanol–water partition coefficient (Wildman–Crippen LogP) is 3.94. The van der Waals surface area contributed by atoms with Gasteiger partial charge in [-0.25, -0.2) is 17.6 Å². The zero-order valence-corrected chi connectivity index (χ0v) is 16.0. The summed E-state index contributed by atoms with van der Waals surface area (Å²) in [6.45, 7) is 4.01. The van der Waals surface area contributed by atoms with Crippen molar-refractivity contribution < 1.29 is 22.3 Å². The molecular weight excluding hydrogens is 371 g/mol. The highest BCUT2D eigenvalue weighted by Gasteiger charge is 2.29. The van der Waals surface area contributed by atoms with Gasteiger partial charge in [0.1, 0.15) is 12.4 Å². The van der Waals surface area contributed by atoms with Crippen LogP contribution < -0.4 is 9.62 Å². The van der Waals surface area contributed by atoms with Crippen molar-refractivity contribution in [1.82, 2.24) is 0 Å². The molecule has 6 nitrogen and oxygen atoms in total. The first-order valence-electron chi connectivity index (χ1n) is 8.62. The Bertz CT molecular complexity index is 958. The van der Waals surface area contributed by atoms with Gasteiger partial charge in [0.2, 0.25) is 10.0 Å². The first kappa shape index (κ1) is 19.2. The molecule has 0 spiro atoms.